The van der Waals surface area contributed by atoms with Crippen molar-refractivity contribution < 1.29 is 9.90 Å². The molecule has 0 bridgehead atoms. The van der Waals surface area contributed by atoms with Crippen LogP contribution in [0.4, 0.5) is 4.79 Å². The zero-order chi connectivity index (χ0) is 16.8. The van der Waals surface area contributed by atoms with Gasteiger partial charge in [-0.1, -0.05) is 54.6 Å². The van der Waals surface area contributed by atoms with Crippen LogP contribution in [0.2, 0.25) is 0 Å². The van der Waals surface area contributed by atoms with Crippen molar-refractivity contribution in [2.75, 3.05) is 6.54 Å². The van der Waals surface area contributed by atoms with Crippen LogP contribution >= 0.6 is 0 Å². The van der Waals surface area contributed by atoms with E-state index in [-0.39, 0.29) is 0 Å². The fourth-order valence-electron chi connectivity index (χ4n) is 2.31. The summed E-state index contributed by atoms with van der Waals surface area (Å²) in [5.41, 5.74) is 3.04. The second-order valence-electron chi connectivity index (χ2n) is 5.31. The highest BCUT2D eigenvalue weighted by molar-refractivity contribution is 5.64. The van der Waals surface area contributed by atoms with Gasteiger partial charge in [-0.25, -0.2) is 4.79 Å². The second kappa shape index (κ2) is 7.36. The van der Waals surface area contributed by atoms with E-state index in [0.717, 1.165) is 16.7 Å². The maximum Gasteiger partial charge on any atom is 0.404 e. The van der Waals surface area contributed by atoms with Crippen molar-refractivity contribution in [3.05, 3.63) is 65.7 Å². The van der Waals surface area contributed by atoms with Crippen LogP contribution in [-0.4, -0.2) is 38.0 Å². The Labute approximate surface area is 138 Å². The Morgan fingerprint density at radius 1 is 1.04 bits per heavy atom. The van der Waals surface area contributed by atoms with Crippen molar-refractivity contribution >= 4 is 6.09 Å². The number of benzene rings is 2. The van der Waals surface area contributed by atoms with Crippen molar-refractivity contribution in [1.29, 1.82) is 0 Å². The normalized spacial score (nSPS) is 10.5. The first-order valence-electron chi connectivity index (χ1n) is 7.58. The average molecular weight is 323 g/mol. The molecule has 0 aliphatic heterocycles. The lowest BCUT2D eigenvalue weighted by Gasteiger charge is -2.02. The lowest BCUT2D eigenvalue weighted by Crippen LogP contribution is -2.23. The molecule has 2 N–H and O–H groups in total. The first kappa shape index (κ1) is 15.7. The fraction of sp³-hybridized carbons (Fsp3) is 0.176. The molecule has 2 aromatic carbocycles. The minimum absolute atomic E-state index is 0.389. The zero-order valence-corrected chi connectivity index (χ0v) is 13.0. The molecule has 0 fully saturated rings. The number of hydrogen-bond donors (Lipinski definition) is 2. The van der Waals surface area contributed by atoms with Gasteiger partial charge in [0.2, 0.25) is 5.82 Å². The summed E-state index contributed by atoms with van der Waals surface area (Å²) in [6.07, 6.45) is -0.369. The molecule has 0 aliphatic carbocycles. The van der Waals surface area contributed by atoms with Gasteiger partial charge in [0.05, 0.1) is 6.54 Å². The van der Waals surface area contributed by atoms with Crippen LogP contribution in [0.1, 0.15) is 11.1 Å². The van der Waals surface area contributed by atoms with Crippen molar-refractivity contribution in [2.24, 2.45) is 0 Å². The molecular formula is C17H17N5O2. The summed E-state index contributed by atoms with van der Waals surface area (Å²) in [5, 5.41) is 23.5. The molecule has 0 saturated carbocycles. The lowest BCUT2D eigenvalue weighted by molar-refractivity contribution is 0.194. The third kappa shape index (κ3) is 4.16. The number of tetrazole rings is 1. The van der Waals surface area contributed by atoms with Crippen molar-refractivity contribution in [1.82, 2.24) is 25.5 Å². The molecule has 24 heavy (non-hydrogen) atoms. The molecule has 0 aliphatic rings. The Hall–Kier alpha value is -3.22. The summed E-state index contributed by atoms with van der Waals surface area (Å²) >= 11 is 0. The molecule has 1 heterocycles. The molecule has 0 radical (unpaired) electrons. The molecule has 0 atom stereocenters. The van der Waals surface area contributed by atoms with Crippen molar-refractivity contribution in [3.8, 4) is 11.4 Å². The molecule has 7 heteroatoms. The molecule has 3 aromatic rings. The van der Waals surface area contributed by atoms with Crippen LogP contribution in [0, 0.1) is 0 Å². The van der Waals surface area contributed by atoms with E-state index < -0.39 is 6.09 Å². The molecule has 1 amide bonds. The predicted molar refractivity (Wildman–Crippen MR) is 88.5 cm³/mol. The van der Waals surface area contributed by atoms with Crippen LogP contribution < -0.4 is 5.32 Å². The highest BCUT2D eigenvalue weighted by Crippen LogP contribution is 2.15. The monoisotopic (exact) mass is 323 g/mol. The lowest BCUT2D eigenvalue weighted by atomic mass is 10.1. The summed E-state index contributed by atoms with van der Waals surface area (Å²) in [6.45, 7) is 0.965. The van der Waals surface area contributed by atoms with Gasteiger partial charge >= 0.3 is 6.09 Å². The maximum absolute atomic E-state index is 10.4. The Morgan fingerprint density at radius 3 is 2.50 bits per heavy atom. The van der Waals surface area contributed by atoms with Crippen molar-refractivity contribution in [2.45, 2.75) is 13.0 Å². The van der Waals surface area contributed by atoms with Crippen LogP contribution in [-0.2, 0) is 13.0 Å². The van der Waals surface area contributed by atoms with E-state index in [1.807, 2.05) is 54.6 Å². The fourth-order valence-corrected chi connectivity index (χ4v) is 2.31. The van der Waals surface area contributed by atoms with Gasteiger partial charge in [0.1, 0.15) is 0 Å². The first-order chi connectivity index (χ1) is 11.7. The van der Waals surface area contributed by atoms with Gasteiger partial charge in [-0.3, -0.25) is 0 Å². The molecule has 0 spiro atoms. The largest absolute Gasteiger partial charge is 0.465 e. The van der Waals surface area contributed by atoms with Crippen LogP contribution in [0.25, 0.3) is 11.4 Å². The van der Waals surface area contributed by atoms with E-state index in [2.05, 4.69) is 20.7 Å². The zero-order valence-electron chi connectivity index (χ0n) is 13.0. The number of carboxylic acid groups (broad SMARTS) is 1. The number of amides is 1. The number of hydrogen-bond acceptors (Lipinski definition) is 4. The van der Waals surface area contributed by atoms with Gasteiger partial charge in [-0.15, -0.1) is 10.2 Å². The Balaban J connectivity index is 1.63. The maximum atomic E-state index is 10.4. The summed E-state index contributed by atoms with van der Waals surface area (Å²) in [5.74, 6) is 0.571. The summed E-state index contributed by atoms with van der Waals surface area (Å²) in [6, 6.07) is 17.7. The van der Waals surface area contributed by atoms with Crippen molar-refractivity contribution in [3.63, 3.8) is 0 Å². The third-order valence-corrected chi connectivity index (χ3v) is 3.52. The number of nitrogens with one attached hydrogen (secondary N) is 1. The molecule has 0 unspecified atom stereocenters. The van der Waals surface area contributed by atoms with E-state index in [0.29, 0.717) is 25.3 Å². The Kier molecular flexibility index (Phi) is 4.81. The SMILES string of the molecule is O=C(O)NCCc1ccc(-c2nnn(Cc3ccccc3)n2)cc1. The first-order valence-corrected chi connectivity index (χ1v) is 7.58. The smallest absolute Gasteiger partial charge is 0.404 e. The highest BCUT2D eigenvalue weighted by Gasteiger charge is 2.06. The van der Waals surface area contributed by atoms with E-state index in [9.17, 15) is 4.79 Å². The molecule has 1 aromatic heterocycles. The van der Waals surface area contributed by atoms with Gasteiger partial charge in [0, 0.05) is 12.1 Å². The van der Waals surface area contributed by atoms with Gasteiger partial charge in [0.25, 0.3) is 0 Å². The molecule has 3 rings (SSSR count). The Bertz CT molecular complexity index is 799. The van der Waals surface area contributed by atoms with Crippen LogP contribution in [0.5, 0.6) is 0 Å². The molecular weight excluding hydrogens is 306 g/mol. The van der Waals surface area contributed by atoms with Crippen LogP contribution in [0.3, 0.4) is 0 Å². The summed E-state index contributed by atoms with van der Waals surface area (Å²) in [4.78, 5) is 12.0. The van der Waals surface area contributed by atoms with E-state index in [1.54, 1.807) is 4.80 Å². The minimum atomic E-state index is -1.01. The van der Waals surface area contributed by atoms with Crippen LogP contribution in [0.15, 0.2) is 54.6 Å². The van der Waals surface area contributed by atoms with E-state index in [1.165, 1.54) is 0 Å². The average Bonchev–Trinajstić information content (AvgIpc) is 3.04. The highest BCUT2D eigenvalue weighted by atomic mass is 16.4. The standard InChI is InChI=1S/C17H17N5O2/c23-17(24)18-11-10-13-6-8-15(9-7-13)16-19-21-22(20-16)12-14-4-2-1-3-5-14/h1-9,18H,10-12H2,(H,23,24). The predicted octanol–water partition coefficient (Wildman–Crippen LogP) is 2.20. The van der Waals surface area contributed by atoms with E-state index in [4.69, 9.17) is 5.11 Å². The third-order valence-electron chi connectivity index (χ3n) is 3.52. The Morgan fingerprint density at radius 2 is 1.79 bits per heavy atom. The molecule has 0 saturated heterocycles. The topological polar surface area (TPSA) is 92.9 Å². The van der Waals surface area contributed by atoms with Gasteiger partial charge < -0.3 is 10.4 Å². The van der Waals surface area contributed by atoms with Gasteiger partial charge in [0.15, 0.2) is 0 Å². The number of nitrogens with zero attached hydrogens (tertiary/aromatic N) is 4. The van der Waals surface area contributed by atoms with Gasteiger partial charge in [-0.05, 0) is 22.8 Å². The number of aromatic nitrogens is 4. The van der Waals surface area contributed by atoms with E-state index >= 15 is 0 Å². The summed E-state index contributed by atoms with van der Waals surface area (Å²) < 4.78 is 0. The minimum Gasteiger partial charge on any atom is -0.465 e. The summed E-state index contributed by atoms with van der Waals surface area (Å²) in [7, 11) is 0. The second-order valence-corrected chi connectivity index (χ2v) is 5.31. The number of rotatable bonds is 6. The molecule has 122 valence electrons. The van der Waals surface area contributed by atoms with Gasteiger partial charge in [-0.2, -0.15) is 4.80 Å². The molecule has 7 nitrogen and oxygen atoms in total. The number of carbonyl (C=O) groups is 1. The quantitative estimate of drug-likeness (QED) is 0.725.